The minimum absolute atomic E-state index is 0.0305. The summed E-state index contributed by atoms with van der Waals surface area (Å²) < 4.78 is 10.5. The first-order valence-corrected chi connectivity index (χ1v) is 11.0. The lowest BCUT2D eigenvalue weighted by atomic mass is 9.90. The van der Waals surface area contributed by atoms with Crippen LogP contribution in [-0.2, 0) is 9.59 Å². The van der Waals surface area contributed by atoms with Crippen LogP contribution in [0, 0.1) is 5.92 Å². The standard InChI is InChI=1S/C25H30N2O4/c1-30-20-12-8-17(9-13-20)24-22(25(29)26-18-6-4-3-5-7-18)16-23(28)27(24)19-10-14-21(31-2)15-11-19/h8-15,18,22,24H,3-7,16H2,1-2H3,(H,26,29)/t22-,24+/m1/s1. The van der Waals surface area contributed by atoms with Crippen molar-refractivity contribution in [3.05, 3.63) is 54.1 Å². The summed E-state index contributed by atoms with van der Waals surface area (Å²) in [6.07, 6.45) is 5.75. The summed E-state index contributed by atoms with van der Waals surface area (Å²) in [7, 11) is 3.24. The first-order valence-electron chi connectivity index (χ1n) is 11.0. The summed E-state index contributed by atoms with van der Waals surface area (Å²) in [5, 5.41) is 3.23. The van der Waals surface area contributed by atoms with Crippen molar-refractivity contribution in [1.82, 2.24) is 5.32 Å². The maximum atomic E-state index is 13.3. The Balaban J connectivity index is 1.65. The highest BCUT2D eigenvalue weighted by Crippen LogP contribution is 2.42. The van der Waals surface area contributed by atoms with Gasteiger partial charge in [-0.25, -0.2) is 0 Å². The van der Waals surface area contributed by atoms with E-state index in [9.17, 15) is 9.59 Å². The van der Waals surface area contributed by atoms with Crippen LogP contribution in [0.5, 0.6) is 11.5 Å². The van der Waals surface area contributed by atoms with Gasteiger partial charge in [0.2, 0.25) is 11.8 Å². The second kappa shape index (κ2) is 9.41. The molecule has 1 heterocycles. The average molecular weight is 423 g/mol. The molecule has 31 heavy (non-hydrogen) atoms. The Labute approximate surface area is 183 Å². The van der Waals surface area contributed by atoms with Crippen LogP contribution in [0.4, 0.5) is 5.69 Å². The Hall–Kier alpha value is -3.02. The van der Waals surface area contributed by atoms with Gasteiger partial charge in [0.1, 0.15) is 11.5 Å². The van der Waals surface area contributed by atoms with Crippen molar-refractivity contribution < 1.29 is 19.1 Å². The van der Waals surface area contributed by atoms with Gasteiger partial charge in [-0.2, -0.15) is 0 Å². The molecule has 0 spiro atoms. The maximum Gasteiger partial charge on any atom is 0.228 e. The molecular formula is C25H30N2O4. The minimum atomic E-state index is -0.440. The largest absolute Gasteiger partial charge is 0.497 e. The molecule has 0 unspecified atom stereocenters. The summed E-state index contributed by atoms with van der Waals surface area (Å²) in [5.74, 6) is 0.951. The third-order valence-corrected chi connectivity index (χ3v) is 6.42. The monoisotopic (exact) mass is 422 g/mol. The highest BCUT2D eigenvalue weighted by atomic mass is 16.5. The number of benzene rings is 2. The van der Waals surface area contributed by atoms with Crippen LogP contribution in [-0.4, -0.2) is 32.1 Å². The Bertz CT molecular complexity index is 904. The van der Waals surface area contributed by atoms with Gasteiger partial charge in [-0.15, -0.1) is 0 Å². The van der Waals surface area contributed by atoms with Crippen LogP contribution >= 0.6 is 0 Å². The fourth-order valence-electron chi connectivity index (χ4n) is 4.75. The molecule has 2 aliphatic rings. The maximum absolute atomic E-state index is 13.3. The molecule has 6 heteroatoms. The number of hydrogen-bond donors (Lipinski definition) is 1. The first kappa shape index (κ1) is 21.2. The van der Waals surface area contributed by atoms with E-state index < -0.39 is 5.92 Å². The molecule has 4 rings (SSSR count). The van der Waals surface area contributed by atoms with Crippen molar-refractivity contribution in [3.63, 3.8) is 0 Å². The predicted molar refractivity (Wildman–Crippen MR) is 119 cm³/mol. The number of amides is 2. The van der Waals surface area contributed by atoms with Gasteiger partial charge in [0.25, 0.3) is 0 Å². The third-order valence-electron chi connectivity index (χ3n) is 6.42. The molecule has 2 fully saturated rings. The number of methoxy groups -OCH3 is 2. The number of hydrogen-bond acceptors (Lipinski definition) is 4. The zero-order valence-corrected chi connectivity index (χ0v) is 18.2. The number of anilines is 1. The molecule has 1 saturated heterocycles. The fraction of sp³-hybridized carbons (Fsp3) is 0.440. The van der Waals surface area contributed by atoms with Crippen LogP contribution in [0.2, 0.25) is 0 Å². The van der Waals surface area contributed by atoms with Crippen molar-refractivity contribution in [2.45, 2.75) is 50.6 Å². The Morgan fingerprint density at radius 3 is 2.06 bits per heavy atom. The number of carbonyl (C=O) groups is 2. The van der Waals surface area contributed by atoms with Gasteiger partial charge in [0, 0.05) is 18.2 Å². The molecule has 0 aromatic heterocycles. The lowest BCUT2D eigenvalue weighted by molar-refractivity contribution is -0.127. The lowest BCUT2D eigenvalue weighted by Crippen LogP contribution is -2.41. The van der Waals surface area contributed by atoms with E-state index in [0.29, 0.717) is 0 Å². The quantitative estimate of drug-likeness (QED) is 0.756. The molecule has 1 saturated carbocycles. The van der Waals surface area contributed by atoms with E-state index in [4.69, 9.17) is 9.47 Å². The molecule has 1 aliphatic carbocycles. The summed E-state index contributed by atoms with van der Waals surface area (Å²) in [6, 6.07) is 14.9. The van der Waals surface area contributed by atoms with E-state index in [-0.39, 0.29) is 30.3 Å². The SMILES string of the molecule is COc1ccc([C@H]2[C@H](C(=O)NC3CCCCC3)CC(=O)N2c2ccc(OC)cc2)cc1. The average Bonchev–Trinajstić information content (AvgIpc) is 3.17. The van der Waals surface area contributed by atoms with Gasteiger partial charge >= 0.3 is 0 Å². The Morgan fingerprint density at radius 2 is 1.48 bits per heavy atom. The van der Waals surface area contributed by atoms with Crippen LogP contribution in [0.1, 0.15) is 50.1 Å². The summed E-state index contributed by atoms with van der Waals surface area (Å²) in [5.41, 5.74) is 1.69. The van der Waals surface area contributed by atoms with Gasteiger partial charge in [-0.05, 0) is 54.8 Å². The van der Waals surface area contributed by atoms with Crippen molar-refractivity contribution in [1.29, 1.82) is 0 Å². The molecule has 164 valence electrons. The van der Waals surface area contributed by atoms with Crippen LogP contribution in [0.25, 0.3) is 0 Å². The molecule has 0 radical (unpaired) electrons. The molecular weight excluding hydrogens is 392 g/mol. The molecule has 2 atom stereocenters. The summed E-state index contributed by atoms with van der Waals surface area (Å²) in [6.45, 7) is 0. The molecule has 0 bridgehead atoms. The molecule has 2 aromatic rings. The van der Waals surface area contributed by atoms with Gasteiger partial charge in [-0.1, -0.05) is 31.4 Å². The summed E-state index contributed by atoms with van der Waals surface area (Å²) in [4.78, 5) is 28.2. The lowest BCUT2D eigenvalue weighted by Gasteiger charge is -2.30. The second-order valence-corrected chi connectivity index (χ2v) is 8.33. The number of carbonyl (C=O) groups excluding carboxylic acids is 2. The van der Waals surface area contributed by atoms with E-state index in [1.807, 2.05) is 48.5 Å². The second-order valence-electron chi connectivity index (χ2n) is 8.33. The van der Waals surface area contributed by atoms with Crippen molar-refractivity contribution in [3.8, 4) is 11.5 Å². The zero-order valence-electron chi connectivity index (χ0n) is 18.2. The molecule has 2 aromatic carbocycles. The highest BCUT2D eigenvalue weighted by Gasteiger charge is 2.45. The van der Waals surface area contributed by atoms with Gasteiger partial charge in [-0.3, -0.25) is 9.59 Å². The van der Waals surface area contributed by atoms with Crippen LogP contribution < -0.4 is 19.7 Å². The van der Waals surface area contributed by atoms with Crippen molar-refractivity contribution >= 4 is 17.5 Å². The van der Waals surface area contributed by atoms with Gasteiger partial charge < -0.3 is 19.7 Å². The van der Waals surface area contributed by atoms with E-state index >= 15 is 0 Å². The first-order chi connectivity index (χ1) is 15.1. The number of nitrogens with zero attached hydrogens (tertiary/aromatic N) is 1. The van der Waals surface area contributed by atoms with E-state index in [1.54, 1.807) is 19.1 Å². The van der Waals surface area contributed by atoms with Crippen molar-refractivity contribution in [2.24, 2.45) is 5.92 Å². The topological polar surface area (TPSA) is 67.9 Å². The normalized spacial score (nSPS) is 21.7. The molecule has 1 aliphatic heterocycles. The molecule has 6 nitrogen and oxygen atoms in total. The van der Waals surface area contributed by atoms with Crippen LogP contribution in [0.15, 0.2) is 48.5 Å². The van der Waals surface area contributed by atoms with Gasteiger partial charge in [0.05, 0.1) is 26.2 Å². The third kappa shape index (κ3) is 4.53. The zero-order chi connectivity index (χ0) is 21.8. The Morgan fingerprint density at radius 1 is 0.903 bits per heavy atom. The number of ether oxygens (including phenoxy) is 2. The summed E-state index contributed by atoms with van der Waals surface area (Å²) >= 11 is 0. The number of rotatable bonds is 6. The van der Waals surface area contributed by atoms with E-state index in [2.05, 4.69) is 5.32 Å². The van der Waals surface area contributed by atoms with E-state index in [0.717, 1.165) is 48.4 Å². The van der Waals surface area contributed by atoms with Gasteiger partial charge in [0.15, 0.2) is 0 Å². The molecule has 2 amide bonds. The minimum Gasteiger partial charge on any atom is -0.497 e. The van der Waals surface area contributed by atoms with Crippen LogP contribution in [0.3, 0.4) is 0 Å². The molecule has 1 N–H and O–H groups in total. The highest BCUT2D eigenvalue weighted by molar-refractivity contribution is 6.01. The van der Waals surface area contributed by atoms with E-state index in [1.165, 1.54) is 6.42 Å². The predicted octanol–water partition coefficient (Wildman–Crippen LogP) is 4.25. The van der Waals surface area contributed by atoms with Crippen molar-refractivity contribution in [2.75, 3.05) is 19.1 Å². The smallest absolute Gasteiger partial charge is 0.228 e. The number of nitrogens with one attached hydrogen (secondary N) is 1. The Kier molecular flexibility index (Phi) is 6.44. The fourth-order valence-corrected chi connectivity index (χ4v) is 4.75.